The van der Waals surface area contributed by atoms with E-state index in [4.69, 9.17) is 9.47 Å². The SMILES string of the molecule is O=C(NCC1COc2ccccc2O1)C(=O)Nc1cccc(-n2cnnc2)c1. The van der Waals surface area contributed by atoms with Crippen molar-refractivity contribution in [1.82, 2.24) is 20.1 Å². The van der Waals surface area contributed by atoms with Gasteiger partial charge in [0.1, 0.15) is 25.4 Å². The summed E-state index contributed by atoms with van der Waals surface area (Å²) in [6.07, 6.45) is 2.71. The summed E-state index contributed by atoms with van der Waals surface area (Å²) in [5.74, 6) is -0.241. The highest BCUT2D eigenvalue weighted by Gasteiger charge is 2.22. The van der Waals surface area contributed by atoms with Crippen LogP contribution in [0.25, 0.3) is 5.69 Å². The van der Waals surface area contributed by atoms with E-state index >= 15 is 0 Å². The lowest BCUT2D eigenvalue weighted by molar-refractivity contribution is -0.136. The number of aromatic nitrogens is 3. The Morgan fingerprint density at radius 1 is 1.04 bits per heavy atom. The maximum absolute atomic E-state index is 12.2. The fourth-order valence-electron chi connectivity index (χ4n) is 2.72. The second kappa shape index (κ2) is 7.78. The van der Waals surface area contributed by atoms with Crippen molar-refractivity contribution in [2.24, 2.45) is 0 Å². The summed E-state index contributed by atoms with van der Waals surface area (Å²) in [5, 5.41) is 12.6. The second-order valence-electron chi connectivity index (χ2n) is 6.08. The standard InChI is InChI=1S/C19H17N5O4/c25-18(20-9-15-10-27-16-6-1-2-7-17(16)28-15)19(26)23-13-4-3-5-14(8-13)24-11-21-22-12-24/h1-8,11-12,15H,9-10H2,(H,20,25)(H,23,26). The summed E-state index contributed by atoms with van der Waals surface area (Å²) in [6, 6.07) is 14.3. The van der Waals surface area contributed by atoms with Gasteiger partial charge in [-0.15, -0.1) is 10.2 Å². The quantitative estimate of drug-likeness (QED) is 0.659. The predicted molar refractivity (Wildman–Crippen MR) is 99.4 cm³/mol. The molecule has 28 heavy (non-hydrogen) atoms. The molecule has 2 amide bonds. The molecule has 0 spiro atoms. The van der Waals surface area contributed by atoms with Crippen molar-refractivity contribution < 1.29 is 19.1 Å². The van der Waals surface area contributed by atoms with Crippen LogP contribution in [0, 0.1) is 0 Å². The molecule has 0 saturated heterocycles. The van der Waals surface area contributed by atoms with Crippen molar-refractivity contribution in [2.75, 3.05) is 18.5 Å². The zero-order valence-corrected chi connectivity index (χ0v) is 14.7. The maximum atomic E-state index is 12.2. The first kappa shape index (κ1) is 17.5. The summed E-state index contributed by atoms with van der Waals surface area (Å²) in [6.45, 7) is 0.446. The number of carbonyl (C=O) groups is 2. The minimum atomic E-state index is -0.766. The summed E-state index contributed by atoms with van der Waals surface area (Å²) < 4.78 is 13.0. The molecule has 2 heterocycles. The number of hydrogen-bond acceptors (Lipinski definition) is 6. The Hall–Kier alpha value is -3.88. The zero-order valence-electron chi connectivity index (χ0n) is 14.7. The normalized spacial score (nSPS) is 14.9. The number of ether oxygens (including phenoxy) is 2. The van der Waals surface area contributed by atoms with Gasteiger partial charge >= 0.3 is 11.8 Å². The molecule has 0 bridgehead atoms. The van der Waals surface area contributed by atoms with E-state index in [1.54, 1.807) is 28.8 Å². The van der Waals surface area contributed by atoms with Crippen LogP contribution in [0.4, 0.5) is 5.69 Å². The van der Waals surface area contributed by atoms with Gasteiger partial charge in [-0.25, -0.2) is 0 Å². The van der Waals surface area contributed by atoms with Gasteiger partial charge in [-0.05, 0) is 30.3 Å². The van der Waals surface area contributed by atoms with Crippen molar-refractivity contribution >= 4 is 17.5 Å². The Labute approximate surface area is 160 Å². The van der Waals surface area contributed by atoms with Gasteiger partial charge in [0, 0.05) is 5.69 Å². The minimum Gasteiger partial charge on any atom is -0.486 e. The van der Waals surface area contributed by atoms with Crippen molar-refractivity contribution in [3.63, 3.8) is 0 Å². The highest BCUT2D eigenvalue weighted by Crippen LogP contribution is 2.30. The lowest BCUT2D eigenvalue weighted by Crippen LogP contribution is -2.44. The van der Waals surface area contributed by atoms with Gasteiger partial charge < -0.3 is 20.1 Å². The molecule has 2 aromatic carbocycles. The van der Waals surface area contributed by atoms with E-state index in [0.717, 1.165) is 5.69 Å². The fourth-order valence-corrected chi connectivity index (χ4v) is 2.72. The summed E-state index contributed by atoms with van der Waals surface area (Å²) in [7, 11) is 0. The van der Waals surface area contributed by atoms with Crippen LogP contribution >= 0.6 is 0 Å². The van der Waals surface area contributed by atoms with Crippen LogP contribution in [0.2, 0.25) is 0 Å². The first-order chi connectivity index (χ1) is 13.7. The van der Waals surface area contributed by atoms with Gasteiger partial charge in [0.2, 0.25) is 0 Å². The molecule has 9 nitrogen and oxygen atoms in total. The zero-order chi connectivity index (χ0) is 19.3. The topological polar surface area (TPSA) is 107 Å². The van der Waals surface area contributed by atoms with Crippen molar-refractivity contribution in [1.29, 1.82) is 0 Å². The third-order valence-corrected chi connectivity index (χ3v) is 4.08. The third kappa shape index (κ3) is 3.93. The average molecular weight is 379 g/mol. The molecule has 3 aromatic rings. The average Bonchev–Trinajstić information content (AvgIpc) is 3.27. The van der Waals surface area contributed by atoms with Crippen LogP contribution in [-0.4, -0.2) is 45.8 Å². The lowest BCUT2D eigenvalue weighted by Gasteiger charge is -2.26. The summed E-state index contributed by atoms with van der Waals surface area (Å²) in [5.41, 5.74) is 1.24. The Bertz CT molecular complexity index is 990. The van der Waals surface area contributed by atoms with Crippen molar-refractivity contribution in [3.05, 3.63) is 61.2 Å². The van der Waals surface area contributed by atoms with Gasteiger partial charge in [0.15, 0.2) is 11.5 Å². The van der Waals surface area contributed by atoms with Crippen LogP contribution in [0.5, 0.6) is 11.5 Å². The molecule has 0 fully saturated rings. The molecule has 1 aliphatic rings. The molecule has 0 aliphatic carbocycles. The molecule has 9 heteroatoms. The third-order valence-electron chi connectivity index (χ3n) is 4.08. The maximum Gasteiger partial charge on any atom is 0.313 e. The lowest BCUT2D eigenvalue weighted by atomic mass is 10.2. The van der Waals surface area contributed by atoms with E-state index in [-0.39, 0.29) is 12.6 Å². The van der Waals surface area contributed by atoms with Crippen LogP contribution in [0.15, 0.2) is 61.2 Å². The summed E-state index contributed by atoms with van der Waals surface area (Å²) in [4.78, 5) is 24.3. The molecule has 1 atom stereocenters. The molecular weight excluding hydrogens is 362 g/mol. The van der Waals surface area contributed by atoms with Gasteiger partial charge in [0.25, 0.3) is 0 Å². The number of para-hydroxylation sites is 2. The van der Waals surface area contributed by atoms with Crippen LogP contribution in [0.3, 0.4) is 0 Å². The van der Waals surface area contributed by atoms with E-state index in [1.807, 2.05) is 24.3 Å². The molecule has 0 saturated carbocycles. The molecule has 1 aromatic heterocycles. The Morgan fingerprint density at radius 2 is 1.82 bits per heavy atom. The van der Waals surface area contributed by atoms with Crippen LogP contribution < -0.4 is 20.1 Å². The molecule has 2 N–H and O–H groups in total. The van der Waals surface area contributed by atoms with Crippen LogP contribution in [0.1, 0.15) is 0 Å². The molecule has 1 aliphatic heterocycles. The number of hydrogen-bond donors (Lipinski definition) is 2. The number of rotatable bonds is 4. The van der Waals surface area contributed by atoms with Gasteiger partial charge in [-0.2, -0.15) is 0 Å². The molecular formula is C19H17N5O4. The number of carbonyl (C=O) groups excluding carboxylic acids is 2. The molecule has 142 valence electrons. The first-order valence-corrected chi connectivity index (χ1v) is 8.62. The van der Waals surface area contributed by atoms with E-state index in [2.05, 4.69) is 20.8 Å². The van der Waals surface area contributed by atoms with E-state index in [9.17, 15) is 9.59 Å². The fraction of sp³-hybridized carbons (Fsp3) is 0.158. The Morgan fingerprint density at radius 3 is 2.64 bits per heavy atom. The number of amides is 2. The van der Waals surface area contributed by atoms with E-state index in [1.165, 1.54) is 12.7 Å². The van der Waals surface area contributed by atoms with Gasteiger partial charge in [0.05, 0.1) is 12.2 Å². The van der Waals surface area contributed by atoms with Gasteiger partial charge in [-0.1, -0.05) is 18.2 Å². The Kier molecular flexibility index (Phi) is 4.87. The Balaban J connectivity index is 1.31. The number of nitrogens with zero attached hydrogens (tertiary/aromatic N) is 3. The smallest absolute Gasteiger partial charge is 0.313 e. The largest absolute Gasteiger partial charge is 0.486 e. The predicted octanol–water partition coefficient (Wildman–Crippen LogP) is 1.16. The summed E-state index contributed by atoms with van der Waals surface area (Å²) >= 11 is 0. The van der Waals surface area contributed by atoms with Crippen molar-refractivity contribution in [2.45, 2.75) is 6.10 Å². The van der Waals surface area contributed by atoms with E-state index < -0.39 is 11.8 Å². The number of nitrogens with one attached hydrogen (secondary N) is 2. The molecule has 4 rings (SSSR count). The number of benzene rings is 2. The number of anilines is 1. The van der Waals surface area contributed by atoms with Gasteiger partial charge in [-0.3, -0.25) is 14.2 Å². The monoisotopic (exact) mass is 379 g/mol. The highest BCUT2D eigenvalue weighted by molar-refractivity contribution is 6.39. The number of fused-ring (bicyclic) bond motifs is 1. The highest BCUT2D eigenvalue weighted by atomic mass is 16.6. The first-order valence-electron chi connectivity index (χ1n) is 8.62. The molecule has 0 radical (unpaired) electrons. The van der Waals surface area contributed by atoms with Crippen molar-refractivity contribution in [3.8, 4) is 17.2 Å². The van der Waals surface area contributed by atoms with Crippen LogP contribution in [-0.2, 0) is 9.59 Å². The second-order valence-corrected chi connectivity index (χ2v) is 6.08. The molecule has 1 unspecified atom stereocenters. The van der Waals surface area contributed by atoms with E-state index in [0.29, 0.717) is 23.8 Å². The minimum absolute atomic E-state index is 0.154.